The number of benzene rings is 2. The molecule has 4 aromatic rings. The molecule has 0 radical (unpaired) electrons. The molecule has 3 aliphatic rings. The zero-order valence-electron chi connectivity index (χ0n) is 23.9. The molecule has 2 heterocycles. The van der Waals surface area contributed by atoms with Gasteiger partial charge in [0.15, 0.2) is 5.82 Å². The number of aromatic nitrogens is 3. The Balaban J connectivity index is 1.25. The lowest BCUT2D eigenvalue weighted by molar-refractivity contribution is -0.120. The molecular weight excluding hydrogens is 592 g/mol. The summed E-state index contributed by atoms with van der Waals surface area (Å²) in [5, 5.41) is 19.7. The van der Waals surface area contributed by atoms with Crippen molar-refractivity contribution in [1.29, 1.82) is 0 Å². The lowest BCUT2D eigenvalue weighted by Crippen LogP contribution is -2.43. The molecule has 0 bridgehead atoms. The summed E-state index contributed by atoms with van der Waals surface area (Å²) < 4.78 is 36.6. The SMILES string of the molecule is COc1cc(C(=O)NC[C@](O)(c2cc(C3(C(N)=O)CC3)cc(-c3ccc(F)c(Cl)c3F)n2)C2CC2)cc2cn(C3CC3)nc12. The van der Waals surface area contributed by atoms with Crippen molar-refractivity contribution in [1.82, 2.24) is 20.1 Å². The van der Waals surface area contributed by atoms with E-state index < -0.39 is 39.5 Å². The number of pyridine rings is 1. The summed E-state index contributed by atoms with van der Waals surface area (Å²) in [6, 6.07) is 9.08. The Kier molecular flexibility index (Phi) is 6.67. The molecule has 12 heteroatoms. The van der Waals surface area contributed by atoms with Crippen molar-refractivity contribution < 1.29 is 28.2 Å². The van der Waals surface area contributed by atoms with E-state index in [0.717, 1.165) is 24.3 Å². The number of aliphatic hydroxyl groups is 1. The normalized spacial score (nSPS) is 18.6. The zero-order chi connectivity index (χ0) is 31.0. The second-order valence-corrected chi connectivity index (χ2v) is 12.5. The van der Waals surface area contributed by atoms with Gasteiger partial charge in [0.2, 0.25) is 5.91 Å². The minimum absolute atomic E-state index is 0.0673. The average Bonchev–Trinajstić information content (AvgIpc) is 3.87. The van der Waals surface area contributed by atoms with Crippen LogP contribution < -0.4 is 15.8 Å². The molecule has 2 aromatic carbocycles. The Labute approximate surface area is 256 Å². The number of nitrogens with one attached hydrogen (secondary N) is 1. The second-order valence-electron chi connectivity index (χ2n) is 12.1. The van der Waals surface area contributed by atoms with Crippen molar-refractivity contribution in [3.63, 3.8) is 0 Å². The molecule has 3 saturated carbocycles. The Morgan fingerprint density at radius 3 is 2.57 bits per heavy atom. The first-order valence-corrected chi connectivity index (χ1v) is 15.0. The van der Waals surface area contributed by atoms with Gasteiger partial charge in [-0.2, -0.15) is 5.10 Å². The largest absolute Gasteiger partial charge is 0.494 e. The first-order valence-electron chi connectivity index (χ1n) is 14.6. The lowest BCUT2D eigenvalue weighted by atomic mass is 9.87. The number of rotatable bonds is 10. The summed E-state index contributed by atoms with van der Waals surface area (Å²) in [7, 11) is 1.52. The maximum atomic E-state index is 15.2. The molecule has 7 rings (SSSR count). The molecule has 0 saturated heterocycles. The predicted molar refractivity (Wildman–Crippen MR) is 158 cm³/mol. The highest BCUT2D eigenvalue weighted by atomic mass is 35.5. The summed E-state index contributed by atoms with van der Waals surface area (Å²) in [5.41, 5.74) is 4.72. The van der Waals surface area contributed by atoms with Crippen LogP contribution in [0.4, 0.5) is 8.78 Å². The standard InChI is InChI=1S/C32H30ClF2N5O4/c1-44-24-11-16(10-17-14-40(20-4-5-20)39-28(17)24)29(41)37-15-32(43,18-2-3-18)25-13-19(31(8-9-31)30(36)42)12-23(38-25)21-6-7-22(34)26(33)27(21)35/h6-7,10-14,18,20,43H,2-5,8-9,15H2,1H3,(H2,36,42)(H,37,41)/t32-/m1/s1. The fourth-order valence-corrected chi connectivity index (χ4v) is 6.11. The van der Waals surface area contributed by atoms with Crippen LogP contribution in [0, 0.1) is 17.6 Å². The Bertz CT molecular complexity index is 1850. The van der Waals surface area contributed by atoms with Crippen LogP contribution in [0.15, 0.2) is 42.6 Å². The van der Waals surface area contributed by atoms with E-state index in [-0.39, 0.29) is 29.4 Å². The molecule has 4 N–H and O–H groups in total. The van der Waals surface area contributed by atoms with Crippen LogP contribution in [0.1, 0.15) is 66.2 Å². The summed E-state index contributed by atoms with van der Waals surface area (Å²) in [4.78, 5) is 30.6. The fourth-order valence-electron chi connectivity index (χ4n) is 5.95. The van der Waals surface area contributed by atoms with E-state index in [1.165, 1.54) is 19.2 Å². The number of hydrogen-bond donors (Lipinski definition) is 3. The Morgan fingerprint density at radius 2 is 1.93 bits per heavy atom. The number of hydrogen-bond acceptors (Lipinski definition) is 6. The maximum Gasteiger partial charge on any atom is 0.251 e. The van der Waals surface area contributed by atoms with E-state index in [0.29, 0.717) is 54.1 Å². The van der Waals surface area contributed by atoms with Crippen LogP contribution in [-0.4, -0.2) is 45.3 Å². The van der Waals surface area contributed by atoms with Crippen molar-refractivity contribution in [3.8, 4) is 17.0 Å². The summed E-state index contributed by atoms with van der Waals surface area (Å²) in [6.45, 7) is -0.204. The van der Waals surface area contributed by atoms with Crippen molar-refractivity contribution in [3.05, 3.63) is 76.1 Å². The topological polar surface area (TPSA) is 132 Å². The zero-order valence-corrected chi connectivity index (χ0v) is 24.6. The summed E-state index contributed by atoms with van der Waals surface area (Å²) in [5.74, 6) is -2.71. The number of halogens is 3. The number of primary amides is 1. The molecule has 1 atom stereocenters. The van der Waals surface area contributed by atoms with Crippen molar-refractivity contribution >= 4 is 34.3 Å². The number of carbonyl (C=O) groups excluding carboxylic acids is 2. The number of fused-ring (bicyclic) bond motifs is 1. The highest BCUT2D eigenvalue weighted by Gasteiger charge is 2.52. The quantitative estimate of drug-likeness (QED) is 0.215. The van der Waals surface area contributed by atoms with Crippen LogP contribution in [0.2, 0.25) is 5.02 Å². The number of nitrogens with zero attached hydrogens (tertiary/aromatic N) is 3. The minimum atomic E-state index is -1.65. The number of amides is 2. The van der Waals surface area contributed by atoms with Gasteiger partial charge in [0, 0.05) is 22.7 Å². The molecule has 0 unspecified atom stereocenters. The molecule has 0 spiro atoms. The first kappa shape index (κ1) is 28.7. The number of ether oxygens (including phenoxy) is 1. The van der Waals surface area contributed by atoms with Gasteiger partial charge >= 0.3 is 0 Å². The smallest absolute Gasteiger partial charge is 0.251 e. The Hall–Kier alpha value is -4.09. The van der Waals surface area contributed by atoms with Gasteiger partial charge in [-0.25, -0.2) is 13.8 Å². The summed E-state index contributed by atoms with van der Waals surface area (Å²) >= 11 is 5.87. The maximum absolute atomic E-state index is 15.2. The van der Waals surface area contributed by atoms with Gasteiger partial charge < -0.3 is 20.9 Å². The minimum Gasteiger partial charge on any atom is -0.494 e. The highest BCUT2D eigenvalue weighted by Crippen LogP contribution is 2.51. The van der Waals surface area contributed by atoms with E-state index in [9.17, 15) is 19.1 Å². The van der Waals surface area contributed by atoms with E-state index in [4.69, 9.17) is 22.1 Å². The van der Waals surface area contributed by atoms with E-state index >= 15 is 4.39 Å². The molecule has 2 aromatic heterocycles. The molecule has 44 heavy (non-hydrogen) atoms. The number of carbonyl (C=O) groups is 2. The molecule has 2 amide bonds. The van der Waals surface area contributed by atoms with Gasteiger partial charge in [0.25, 0.3) is 5.91 Å². The van der Waals surface area contributed by atoms with E-state index in [1.807, 2.05) is 10.9 Å². The third-order valence-electron chi connectivity index (χ3n) is 9.12. The van der Waals surface area contributed by atoms with Gasteiger partial charge in [0.05, 0.1) is 36.5 Å². The second kappa shape index (κ2) is 10.2. The van der Waals surface area contributed by atoms with Gasteiger partial charge in [-0.3, -0.25) is 14.3 Å². The van der Waals surface area contributed by atoms with E-state index in [2.05, 4.69) is 15.4 Å². The van der Waals surface area contributed by atoms with Gasteiger partial charge in [-0.15, -0.1) is 0 Å². The molecule has 0 aliphatic heterocycles. The summed E-state index contributed by atoms with van der Waals surface area (Å²) in [6.07, 6.45) is 6.33. The van der Waals surface area contributed by atoms with Crippen molar-refractivity contribution in [2.75, 3.05) is 13.7 Å². The predicted octanol–water partition coefficient (Wildman–Crippen LogP) is 4.92. The molecule has 3 fully saturated rings. The fraction of sp³-hybridized carbons (Fsp3) is 0.375. The van der Waals surface area contributed by atoms with Crippen LogP contribution in [0.25, 0.3) is 22.2 Å². The first-order chi connectivity index (χ1) is 21.0. The van der Waals surface area contributed by atoms with Crippen LogP contribution >= 0.6 is 11.6 Å². The molecule has 3 aliphatic carbocycles. The molecular formula is C32H30ClF2N5O4. The lowest BCUT2D eigenvalue weighted by Gasteiger charge is -2.30. The highest BCUT2D eigenvalue weighted by molar-refractivity contribution is 6.31. The third kappa shape index (κ3) is 4.78. The van der Waals surface area contributed by atoms with Gasteiger partial charge in [-0.05, 0) is 86.4 Å². The van der Waals surface area contributed by atoms with Crippen molar-refractivity contribution in [2.24, 2.45) is 11.7 Å². The van der Waals surface area contributed by atoms with Crippen LogP contribution in [-0.2, 0) is 15.8 Å². The van der Waals surface area contributed by atoms with Crippen molar-refractivity contribution in [2.45, 2.75) is 55.6 Å². The Morgan fingerprint density at radius 1 is 1.18 bits per heavy atom. The molecule has 9 nitrogen and oxygen atoms in total. The van der Waals surface area contributed by atoms with Crippen LogP contribution in [0.3, 0.4) is 0 Å². The van der Waals surface area contributed by atoms with Gasteiger partial charge in [-0.1, -0.05) is 11.6 Å². The van der Waals surface area contributed by atoms with Gasteiger partial charge in [0.1, 0.15) is 27.7 Å². The molecule has 228 valence electrons. The number of methoxy groups -OCH3 is 1. The monoisotopic (exact) mass is 621 g/mol. The average molecular weight is 622 g/mol. The number of nitrogens with two attached hydrogens (primary N) is 1. The van der Waals surface area contributed by atoms with E-state index in [1.54, 1.807) is 18.2 Å². The van der Waals surface area contributed by atoms with Crippen LogP contribution in [0.5, 0.6) is 5.75 Å². The third-order valence-corrected chi connectivity index (χ3v) is 9.47.